The first-order valence-electron chi connectivity index (χ1n) is 8.90. The minimum atomic E-state index is -0.335. The highest BCUT2D eigenvalue weighted by molar-refractivity contribution is 9.10. The molecule has 0 radical (unpaired) electrons. The van der Waals surface area contributed by atoms with Gasteiger partial charge < -0.3 is 10.1 Å². The monoisotopic (exact) mass is 502 g/mol. The van der Waals surface area contributed by atoms with E-state index in [0.717, 1.165) is 17.3 Å². The van der Waals surface area contributed by atoms with E-state index in [1.807, 2.05) is 0 Å². The Morgan fingerprint density at radius 1 is 1.14 bits per heavy atom. The number of nitrogens with one attached hydrogen (secondary N) is 2. The number of carbonyl (C=O) groups is 1. The molecule has 28 heavy (non-hydrogen) atoms. The van der Waals surface area contributed by atoms with Crippen molar-refractivity contribution in [3.8, 4) is 5.75 Å². The molecule has 2 aromatic rings. The second-order valence-corrected chi connectivity index (χ2v) is 8.19. The summed E-state index contributed by atoms with van der Waals surface area (Å²) in [6.07, 6.45) is 4.56. The lowest BCUT2D eigenvalue weighted by Crippen LogP contribution is -2.34. The molecule has 0 saturated heterocycles. The highest BCUT2D eigenvalue weighted by Gasteiger charge is 2.12. The van der Waals surface area contributed by atoms with Crippen LogP contribution in [-0.2, 0) is 0 Å². The summed E-state index contributed by atoms with van der Waals surface area (Å²) in [4.78, 5) is 12.4. The van der Waals surface area contributed by atoms with Crippen molar-refractivity contribution >= 4 is 68.1 Å². The fourth-order valence-electron chi connectivity index (χ4n) is 2.39. The normalized spacial score (nSPS) is 10.4. The van der Waals surface area contributed by atoms with Crippen molar-refractivity contribution in [2.45, 2.75) is 32.6 Å². The van der Waals surface area contributed by atoms with Gasteiger partial charge in [0, 0.05) is 10.6 Å². The molecule has 0 aliphatic rings. The van der Waals surface area contributed by atoms with Crippen LogP contribution in [0.25, 0.3) is 0 Å². The SMILES string of the molecule is CCCCCCOc1ccc(C(=O)NC(=S)Nc2ccc(Cl)cc2Cl)cc1Br. The van der Waals surface area contributed by atoms with Gasteiger partial charge in [-0.25, -0.2) is 0 Å². The average molecular weight is 504 g/mol. The van der Waals surface area contributed by atoms with Gasteiger partial charge in [-0.05, 0) is 71.0 Å². The molecule has 0 fully saturated rings. The van der Waals surface area contributed by atoms with Gasteiger partial charge in [0.2, 0.25) is 0 Å². The van der Waals surface area contributed by atoms with Gasteiger partial charge in [-0.3, -0.25) is 10.1 Å². The molecule has 0 atom stereocenters. The molecule has 2 N–H and O–H groups in total. The Labute approximate surface area is 189 Å². The maximum Gasteiger partial charge on any atom is 0.257 e. The van der Waals surface area contributed by atoms with Crippen molar-refractivity contribution in [2.24, 2.45) is 0 Å². The lowest BCUT2D eigenvalue weighted by atomic mass is 10.2. The number of anilines is 1. The number of hydrogen-bond acceptors (Lipinski definition) is 3. The van der Waals surface area contributed by atoms with Crippen LogP contribution in [0.2, 0.25) is 10.0 Å². The van der Waals surface area contributed by atoms with Gasteiger partial charge in [-0.2, -0.15) is 0 Å². The van der Waals surface area contributed by atoms with Gasteiger partial charge in [-0.15, -0.1) is 0 Å². The van der Waals surface area contributed by atoms with Gasteiger partial charge in [0.15, 0.2) is 5.11 Å². The van der Waals surface area contributed by atoms with E-state index in [4.69, 9.17) is 40.2 Å². The zero-order valence-corrected chi connectivity index (χ0v) is 19.3. The second-order valence-electron chi connectivity index (χ2n) is 6.09. The Hall–Kier alpha value is -1.34. The molecule has 0 aromatic heterocycles. The van der Waals surface area contributed by atoms with E-state index in [9.17, 15) is 4.79 Å². The highest BCUT2D eigenvalue weighted by atomic mass is 79.9. The molecule has 0 aliphatic heterocycles. The molecule has 0 aliphatic carbocycles. The van der Waals surface area contributed by atoms with E-state index in [2.05, 4.69) is 33.5 Å². The van der Waals surface area contributed by atoms with Gasteiger partial charge in [0.05, 0.1) is 21.8 Å². The summed E-state index contributed by atoms with van der Waals surface area (Å²) in [5.74, 6) is 0.375. The molecule has 8 heteroatoms. The Kier molecular flexibility index (Phi) is 9.51. The maximum atomic E-state index is 12.4. The zero-order chi connectivity index (χ0) is 20.5. The summed E-state index contributed by atoms with van der Waals surface area (Å²) in [6, 6.07) is 10.1. The topological polar surface area (TPSA) is 50.4 Å². The van der Waals surface area contributed by atoms with Crippen molar-refractivity contribution in [3.05, 3.63) is 56.5 Å². The number of benzene rings is 2. The molecule has 0 saturated carbocycles. The van der Waals surface area contributed by atoms with Crippen LogP contribution in [0, 0.1) is 0 Å². The fourth-order valence-corrected chi connectivity index (χ4v) is 3.54. The predicted molar refractivity (Wildman–Crippen MR) is 124 cm³/mol. The minimum absolute atomic E-state index is 0.140. The standard InChI is InChI=1S/C20H21BrCl2N2O2S/c1-2-3-4-5-10-27-18-9-6-13(11-15(18)21)19(26)25-20(28)24-17-8-7-14(22)12-16(17)23/h6-9,11-12H,2-5,10H2,1H3,(H2,24,25,26,28). The van der Waals surface area contributed by atoms with Crippen LogP contribution in [-0.4, -0.2) is 17.6 Å². The van der Waals surface area contributed by atoms with E-state index in [-0.39, 0.29) is 11.0 Å². The van der Waals surface area contributed by atoms with Crippen LogP contribution >= 0.6 is 51.3 Å². The largest absolute Gasteiger partial charge is 0.492 e. The van der Waals surface area contributed by atoms with Crippen LogP contribution in [0.15, 0.2) is 40.9 Å². The molecule has 1 amide bonds. The van der Waals surface area contributed by atoms with Crippen LogP contribution in [0.3, 0.4) is 0 Å². The van der Waals surface area contributed by atoms with Crippen molar-refractivity contribution in [2.75, 3.05) is 11.9 Å². The number of ether oxygens (including phenoxy) is 1. The Bertz CT molecular complexity index is 849. The molecular formula is C20H21BrCl2N2O2S. The van der Waals surface area contributed by atoms with Gasteiger partial charge >= 0.3 is 0 Å². The van der Waals surface area contributed by atoms with Crippen molar-refractivity contribution in [1.82, 2.24) is 5.32 Å². The first-order valence-corrected chi connectivity index (χ1v) is 10.9. The van der Waals surface area contributed by atoms with Crippen LogP contribution in [0.1, 0.15) is 43.0 Å². The fraction of sp³-hybridized carbons (Fsp3) is 0.300. The van der Waals surface area contributed by atoms with Crippen molar-refractivity contribution in [3.63, 3.8) is 0 Å². The van der Waals surface area contributed by atoms with Crippen LogP contribution < -0.4 is 15.4 Å². The Morgan fingerprint density at radius 3 is 2.61 bits per heavy atom. The zero-order valence-electron chi connectivity index (χ0n) is 15.4. The molecule has 0 unspecified atom stereocenters. The summed E-state index contributed by atoms with van der Waals surface area (Å²) in [7, 11) is 0. The molecular weight excluding hydrogens is 483 g/mol. The molecule has 150 valence electrons. The predicted octanol–water partition coefficient (Wildman–Crippen LogP) is 6.84. The number of carbonyl (C=O) groups excluding carboxylic acids is 1. The number of thiocarbonyl (C=S) groups is 1. The lowest BCUT2D eigenvalue weighted by Gasteiger charge is -2.12. The highest BCUT2D eigenvalue weighted by Crippen LogP contribution is 2.27. The molecule has 0 heterocycles. The van der Waals surface area contributed by atoms with Crippen molar-refractivity contribution < 1.29 is 9.53 Å². The van der Waals surface area contributed by atoms with Crippen molar-refractivity contribution in [1.29, 1.82) is 0 Å². The van der Waals surface area contributed by atoms with Gasteiger partial charge in [-0.1, -0.05) is 49.4 Å². The Morgan fingerprint density at radius 2 is 1.93 bits per heavy atom. The Balaban J connectivity index is 1.91. The molecule has 2 aromatic carbocycles. The van der Waals surface area contributed by atoms with E-state index >= 15 is 0 Å². The second kappa shape index (κ2) is 11.6. The third kappa shape index (κ3) is 7.24. The quantitative estimate of drug-likeness (QED) is 0.305. The minimum Gasteiger partial charge on any atom is -0.492 e. The van der Waals surface area contributed by atoms with E-state index < -0.39 is 0 Å². The number of hydrogen-bond donors (Lipinski definition) is 2. The molecule has 4 nitrogen and oxygen atoms in total. The third-order valence-electron chi connectivity index (χ3n) is 3.86. The summed E-state index contributed by atoms with van der Waals surface area (Å²) in [5, 5.41) is 6.58. The molecule has 2 rings (SSSR count). The number of unbranched alkanes of at least 4 members (excludes halogenated alkanes) is 3. The van der Waals surface area contributed by atoms with E-state index in [1.165, 1.54) is 12.8 Å². The number of halogens is 3. The summed E-state index contributed by atoms with van der Waals surface area (Å²) in [5.41, 5.74) is 1.01. The van der Waals surface area contributed by atoms with E-state index in [0.29, 0.717) is 33.7 Å². The molecule has 0 spiro atoms. The average Bonchev–Trinajstić information content (AvgIpc) is 2.65. The third-order valence-corrected chi connectivity index (χ3v) is 5.23. The maximum absolute atomic E-state index is 12.4. The van der Waals surface area contributed by atoms with E-state index in [1.54, 1.807) is 36.4 Å². The lowest BCUT2D eigenvalue weighted by molar-refractivity contribution is 0.0977. The summed E-state index contributed by atoms with van der Waals surface area (Å²) >= 11 is 20.6. The summed E-state index contributed by atoms with van der Waals surface area (Å²) in [6.45, 7) is 2.83. The van der Waals surface area contributed by atoms with Crippen LogP contribution in [0.4, 0.5) is 5.69 Å². The summed E-state index contributed by atoms with van der Waals surface area (Å²) < 4.78 is 6.48. The van der Waals surface area contributed by atoms with Gasteiger partial charge in [0.25, 0.3) is 5.91 Å². The smallest absolute Gasteiger partial charge is 0.257 e. The number of rotatable bonds is 8. The van der Waals surface area contributed by atoms with Crippen LogP contribution in [0.5, 0.6) is 5.75 Å². The van der Waals surface area contributed by atoms with Gasteiger partial charge in [0.1, 0.15) is 5.75 Å². The first-order chi connectivity index (χ1) is 13.4. The molecule has 0 bridgehead atoms. The number of amides is 1. The first kappa shape index (κ1) is 22.9.